The molecule has 2 aromatic rings. The van der Waals surface area contributed by atoms with Gasteiger partial charge in [-0.15, -0.1) is 11.3 Å². The van der Waals surface area contributed by atoms with Crippen LogP contribution in [0.1, 0.15) is 0 Å². The van der Waals surface area contributed by atoms with Gasteiger partial charge in [0, 0.05) is 5.02 Å². The lowest BCUT2D eigenvalue weighted by Gasteiger charge is -2.05. The minimum atomic E-state index is -3.48. The Hall–Kier alpha value is -1.04. The van der Waals surface area contributed by atoms with Gasteiger partial charge < -0.3 is 0 Å². The number of thiophene rings is 1. The summed E-state index contributed by atoms with van der Waals surface area (Å²) in [5.41, 5.74) is 0.459. The van der Waals surface area contributed by atoms with Crippen molar-refractivity contribution < 1.29 is 8.42 Å². The van der Waals surface area contributed by atoms with E-state index in [-0.39, 0.29) is 4.21 Å². The smallest absolute Gasteiger partial charge is 0.271 e. The van der Waals surface area contributed by atoms with E-state index in [4.69, 9.17) is 11.6 Å². The van der Waals surface area contributed by atoms with Crippen LogP contribution in [-0.4, -0.2) is 8.42 Å². The molecule has 0 radical (unpaired) electrons. The molecular formula is C10H8ClNO2S2. The van der Waals surface area contributed by atoms with Gasteiger partial charge >= 0.3 is 0 Å². The monoisotopic (exact) mass is 273 g/mol. The van der Waals surface area contributed by atoms with Crippen LogP contribution < -0.4 is 4.72 Å². The molecule has 1 aromatic heterocycles. The minimum absolute atomic E-state index is 0.285. The number of rotatable bonds is 3. The Morgan fingerprint density at radius 3 is 2.62 bits per heavy atom. The Morgan fingerprint density at radius 1 is 1.19 bits per heavy atom. The van der Waals surface area contributed by atoms with Crippen molar-refractivity contribution in [2.45, 2.75) is 4.21 Å². The fraction of sp³-hybridized carbons (Fsp3) is 0. The summed E-state index contributed by atoms with van der Waals surface area (Å²) in [5, 5.41) is 2.21. The highest BCUT2D eigenvalue weighted by Crippen LogP contribution is 2.21. The zero-order valence-corrected chi connectivity index (χ0v) is 10.4. The summed E-state index contributed by atoms with van der Waals surface area (Å²) in [7, 11) is -3.48. The third-order valence-corrected chi connectivity index (χ3v) is 4.85. The van der Waals surface area contributed by atoms with Crippen molar-refractivity contribution in [2.75, 3.05) is 4.72 Å². The molecule has 2 rings (SSSR count). The van der Waals surface area contributed by atoms with Crippen LogP contribution in [-0.2, 0) is 10.0 Å². The maximum atomic E-state index is 11.8. The first-order valence-electron chi connectivity index (χ1n) is 4.40. The SMILES string of the molecule is O=S(=O)(Nc1cccc(Cl)c1)c1cccs1. The van der Waals surface area contributed by atoms with Crippen LogP contribution in [0.15, 0.2) is 46.0 Å². The van der Waals surface area contributed by atoms with Crippen LogP contribution >= 0.6 is 22.9 Å². The summed E-state index contributed by atoms with van der Waals surface area (Å²) in [4.78, 5) is 0. The van der Waals surface area contributed by atoms with Crippen LogP contribution in [0.2, 0.25) is 5.02 Å². The standard InChI is InChI=1S/C10H8ClNO2S2/c11-8-3-1-4-9(7-8)12-16(13,14)10-5-2-6-15-10/h1-7,12H. The molecular weight excluding hydrogens is 266 g/mol. The van der Waals surface area contributed by atoms with Gasteiger partial charge in [0.2, 0.25) is 0 Å². The molecule has 1 aromatic carbocycles. The second-order valence-electron chi connectivity index (χ2n) is 3.05. The quantitative estimate of drug-likeness (QED) is 0.933. The van der Waals surface area contributed by atoms with E-state index in [1.807, 2.05) is 0 Å². The number of halogens is 1. The molecule has 6 heteroatoms. The Bertz CT molecular complexity index is 579. The predicted molar refractivity (Wildman–Crippen MR) is 66.6 cm³/mol. The van der Waals surface area contributed by atoms with Gasteiger partial charge in [0.15, 0.2) is 0 Å². The van der Waals surface area contributed by atoms with Gasteiger partial charge in [-0.2, -0.15) is 0 Å². The Labute approximate surface area is 103 Å². The largest absolute Gasteiger partial charge is 0.279 e. The highest BCUT2D eigenvalue weighted by molar-refractivity contribution is 7.94. The molecule has 0 unspecified atom stereocenters. The highest BCUT2D eigenvalue weighted by atomic mass is 35.5. The van der Waals surface area contributed by atoms with E-state index in [9.17, 15) is 8.42 Å². The molecule has 0 aliphatic carbocycles. The molecule has 0 saturated carbocycles. The Balaban J connectivity index is 2.29. The van der Waals surface area contributed by atoms with Gasteiger partial charge in [0.1, 0.15) is 4.21 Å². The zero-order chi connectivity index (χ0) is 11.6. The highest BCUT2D eigenvalue weighted by Gasteiger charge is 2.14. The van der Waals surface area contributed by atoms with Crippen molar-refractivity contribution in [3.63, 3.8) is 0 Å². The molecule has 0 spiro atoms. The Kier molecular flexibility index (Phi) is 3.18. The van der Waals surface area contributed by atoms with Crippen molar-refractivity contribution in [1.29, 1.82) is 0 Å². The molecule has 1 heterocycles. The van der Waals surface area contributed by atoms with Gasteiger partial charge in [-0.25, -0.2) is 8.42 Å². The molecule has 0 bridgehead atoms. The lowest BCUT2D eigenvalue weighted by Crippen LogP contribution is -2.11. The molecule has 84 valence electrons. The molecule has 3 nitrogen and oxygen atoms in total. The van der Waals surface area contributed by atoms with Crippen LogP contribution in [0.25, 0.3) is 0 Å². The van der Waals surface area contributed by atoms with Crippen LogP contribution in [0.4, 0.5) is 5.69 Å². The molecule has 0 aliphatic heterocycles. The van der Waals surface area contributed by atoms with Gasteiger partial charge in [-0.05, 0) is 29.6 Å². The van der Waals surface area contributed by atoms with Gasteiger partial charge in [-0.1, -0.05) is 23.7 Å². The lowest BCUT2D eigenvalue weighted by atomic mass is 10.3. The normalized spacial score (nSPS) is 11.3. The molecule has 0 amide bonds. The number of hydrogen-bond donors (Lipinski definition) is 1. The van der Waals surface area contributed by atoms with Crippen molar-refractivity contribution in [3.05, 3.63) is 46.8 Å². The fourth-order valence-electron chi connectivity index (χ4n) is 1.17. The average Bonchev–Trinajstić information content (AvgIpc) is 2.69. The van der Waals surface area contributed by atoms with Gasteiger partial charge in [0.25, 0.3) is 10.0 Å². The molecule has 0 aliphatic rings. The van der Waals surface area contributed by atoms with E-state index >= 15 is 0 Å². The van der Waals surface area contributed by atoms with Gasteiger partial charge in [0.05, 0.1) is 5.69 Å². The zero-order valence-electron chi connectivity index (χ0n) is 8.05. The number of hydrogen-bond acceptors (Lipinski definition) is 3. The maximum absolute atomic E-state index is 11.8. The van der Waals surface area contributed by atoms with Crippen molar-refractivity contribution in [2.24, 2.45) is 0 Å². The topological polar surface area (TPSA) is 46.2 Å². The number of anilines is 1. The van der Waals surface area contributed by atoms with Crippen molar-refractivity contribution in [3.8, 4) is 0 Å². The molecule has 16 heavy (non-hydrogen) atoms. The molecule has 0 fully saturated rings. The van der Waals surface area contributed by atoms with E-state index in [2.05, 4.69) is 4.72 Å². The summed E-state index contributed by atoms with van der Waals surface area (Å²) in [6.45, 7) is 0. The number of nitrogens with one attached hydrogen (secondary N) is 1. The lowest BCUT2D eigenvalue weighted by molar-refractivity contribution is 0.603. The first-order chi connectivity index (χ1) is 7.58. The number of benzene rings is 1. The fourth-order valence-corrected chi connectivity index (χ4v) is 3.41. The third kappa shape index (κ3) is 2.55. The third-order valence-electron chi connectivity index (χ3n) is 1.84. The van der Waals surface area contributed by atoms with Crippen LogP contribution in [0, 0.1) is 0 Å². The Morgan fingerprint density at radius 2 is 2.00 bits per heavy atom. The van der Waals surface area contributed by atoms with Crippen LogP contribution in [0.5, 0.6) is 0 Å². The van der Waals surface area contributed by atoms with Crippen molar-refractivity contribution in [1.82, 2.24) is 0 Å². The second kappa shape index (κ2) is 4.45. The first kappa shape index (κ1) is 11.4. The maximum Gasteiger partial charge on any atom is 0.271 e. The van der Waals surface area contributed by atoms with E-state index in [0.717, 1.165) is 0 Å². The second-order valence-corrected chi connectivity index (χ2v) is 6.34. The van der Waals surface area contributed by atoms with Crippen molar-refractivity contribution >= 4 is 38.6 Å². The predicted octanol–water partition coefficient (Wildman–Crippen LogP) is 3.20. The summed E-state index contributed by atoms with van der Waals surface area (Å²) >= 11 is 6.94. The first-order valence-corrected chi connectivity index (χ1v) is 7.14. The number of sulfonamides is 1. The molecule has 0 saturated heterocycles. The van der Waals surface area contributed by atoms with E-state index in [0.29, 0.717) is 10.7 Å². The summed E-state index contributed by atoms with van der Waals surface area (Å²) in [6, 6.07) is 9.83. The summed E-state index contributed by atoms with van der Waals surface area (Å²) in [6.07, 6.45) is 0. The van der Waals surface area contributed by atoms with Crippen LogP contribution in [0.3, 0.4) is 0 Å². The average molecular weight is 274 g/mol. The van der Waals surface area contributed by atoms with Gasteiger partial charge in [-0.3, -0.25) is 4.72 Å². The minimum Gasteiger partial charge on any atom is -0.279 e. The molecule has 1 N–H and O–H groups in total. The summed E-state index contributed by atoms with van der Waals surface area (Å²) < 4.78 is 26.4. The van der Waals surface area contributed by atoms with E-state index in [1.165, 1.54) is 11.3 Å². The van der Waals surface area contributed by atoms with E-state index < -0.39 is 10.0 Å². The summed E-state index contributed by atoms with van der Waals surface area (Å²) in [5.74, 6) is 0. The van der Waals surface area contributed by atoms with E-state index in [1.54, 1.807) is 41.8 Å². The molecule has 0 atom stereocenters.